The lowest BCUT2D eigenvalue weighted by atomic mass is 9.83. The van der Waals surface area contributed by atoms with Gasteiger partial charge in [0.2, 0.25) is 0 Å². The summed E-state index contributed by atoms with van der Waals surface area (Å²) in [5, 5.41) is 11.9. The molecule has 2 atom stereocenters. The first kappa shape index (κ1) is 12.7. The molecular formula is C12H22O3S. The molecule has 1 N–H and O–H groups in total. The van der Waals surface area contributed by atoms with Crippen molar-refractivity contribution in [2.24, 2.45) is 0 Å². The standard InChI is InChI=1S/C12H22O3S/c1-14-11(15-2)8-12(13)6-9-4-3-5-10(7-12)16-9/h9-11,13H,3-8H2,1-2H3. The fourth-order valence-corrected chi connectivity index (χ4v) is 4.92. The monoisotopic (exact) mass is 246 g/mol. The zero-order valence-electron chi connectivity index (χ0n) is 10.1. The topological polar surface area (TPSA) is 38.7 Å². The Bertz CT molecular complexity index is 218. The first-order valence-electron chi connectivity index (χ1n) is 6.08. The van der Waals surface area contributed by atoms with E-state index in [0.29, 0.717) is 16.9 Å². The Balaban J connectivity index is 1.96. The maximum atomic E-state index is 10.6. The summed E-state index contributed by atoms with van der Waals surface area (Å²) >= 11 is 2.08. The van der Waals surface area contributed by atoms with Gasteiger partial charge in [0.25, 0.3) is 0 Å². The van der Waals surface area contributed by atoms with Crippen molar-refractivity contribution in [1.82, 2.24) is 0 Å². The molecule has 2 rings (SSSR count). The minimum Gasteiger partial charge on any atom is -0.390 e. The van der Waals surface area contributed by atoms with Gasteiger partial charge in [0, 0.05) is 31.1 Å². The SMILES string of the molecule is COC(CC1(O)CC2CCCC(C1)S2)OC. The van der Waals surface area contributed by atoms with Crippen LogP contribution in [0.1, 0.15) is 38.5 Å². The highest BCUT2D eigenvalue weighted by atomic mass is 32.2. The van der Waals surface area contributed by atoms with Crippen molar-refractivity contribution in [2.75, 3.05) is 14.2 Å². The van der Waals surface area contributed by atoms with E-state index < -0.39 is 5.60 Å². The van der Waals surface area contributed by atoms with E-state index in [2.05, 4.69) is 11.8 Å². The van der Waals surface area contributed by atoms with Crippen molar-refractivity contribution in [3.8, 4) is 0 Å². The number of methoxy groups -OCH3 is 2. The fourth-order valence-electron chi connectivity index (χ4n) is 2.95. The van der Waals surface area contributed by atoms with Crippen LogP contribution in [0.2, 0.25) is 0 Å². The van der Waals surface area contributed by atoms with E-state index in [4.69, 9.17) is 9.47 Å². The van der Waals surface area contributed by atoms with Crippen LogP contribution in [0.4, 0.5) is 0 Å². The number of ether oxygens (including phenoxy) is 2. The lowest BCUT2D eigenvalue weighted by Crippen LogP contribution is -2.45. The van der Waals surface area contributed by atoms with Crippen LogP contribution in [0, 0.1) is 0 Å². The Kier molecular flexibility index (Phi) is 4.16. The molecule has 2 bridgehead atoms. The number of fused-ring (bicyclic) bond motifs is 2. The number of thioether (sulfide) groups is 1. The van der Waals surface area contributed by atoms with Gasteiger partial charge in [0.15, 0.2) is 6.29 Å². The number of hydrogen-bond donors (Lipinski definition) is 1. The van der Waals surface area contributed by atoms with Crippen molar-refractivity contribution in [1.29, 1.82) is 0 Å². The lowest BCUT2D eigenvalue weighted by molar-refractivity contribution is -0.148. The quantitative estimate of drug-likeness (QED) is 0.772. The van der Waals surface area contributed by atoms with E-state index in [9.17, 15) is 5.11 Å². The predicted molar refractivity (Wildman–Crippen MR) is 65.6 cm³/mol. The van der Waals surface area contributed by atoms with Crippen LogP contribution >= 0.6 is 11.8 Å². The largest absolute Gasteiger partial charge is 0.390 e. The summed E-state index contributed by atoms with van der Waals surface area (Å²) in [6.07, 6.45) is 5.98. The molecule has 0 aromatic carbocycles. The molecule has 0 aliphatic carbocycles. The van der Waals surface area contributed by atoms with Gasteiger partial charge in [-0.2, -0.15) is 11.8 Å². The molecule has 94 valence electrons. The maximum Gasteiger partial charge on any atom is 0.159 e. The van der Waals surface area contributed by atoms with Crippen LogP contribution in [-0.2, 0) is 9.47 Å². The highest BCUT2D eigenvalue weighted by molar-refractivity contribution is 8.00. The van der Waals surface area contributed by atoms with Gasteiger partial charge in [0.05, 0.1) is 5.60 Å². The minimum absolute atomic E-state index is 0.270. The molecule has 2 unspecified atom stereocenters. The third-order valence-electron chi connectivity index (χ3n) is 3.72. The Morgan fingerprint density at radius 2 is 1.81 bits per heavy atom. The summed E-state index contributed by atoms with van der Waals surface area (Å²) in [4.78, 5) is 0. The van der Waals surface area contributed by atoms with Crippen LogP contribution in [0.3, 0.4) is 0 Å². The van der Waals surface area contributed by atoms with E-state index in [1.165, 1.54) is 19.3 Å². The van der Waals surface area contributed by atoms with E-state index in [1.54, 1.807) is 14.2 Å². The molecule has 4 heteroatoms. The van der Waals surface area contributed by atoms with Gasteiger partial charge in [0.1, 0.15) is 0 Å². The number of aliphatic hydroxyl groups is 1. The van der Waals surface area contributed by atoms with E-state index in [0.717, 1.165) is 12.8 Å². The molecule has 2 fully saturated rings. The van der Waals surface area contributed by atoms with Gasteiger partial charge in [-0.05, 0) is 25.7 Å². The van der Waals surface area contributed by atoms with Crippen molar-refractivity contribution in [3.63, 3.8) is 0 Å². The summed E-state index contributed by atoms with van der Waals surface area (Å²) in [7, 11) is 3.27. The van der Waals surface area contributed by atoms with Crippen molar-refractivity contribution >= 4 is 11.8 Å². The van der Waals surface area contributed by atoms with Gasteiger partial charge >= 0.3 is 0 Å². The molecule has 2 aliphatic heterocycles. The molecule has 0 aromatic rings. The molecule has 2 heterocycles. The first-order valence-corrected chi connectivity index (χ1v) is 7.03. The molecule has 0 saturated carbocycles. The Hall–Kier alpha value is 0.230. The summed E-state index contributed by atoms with van der Waals surface area (Å²) in [6, 6.07) is 0. The van der Waals surface area contributed by atoms with Crippen LogP contribution in [0.5, 0.6) is 0 Å². The lowest BCUT2D eigenvalue weighted by Gasteiger charge is -2.44. The van der Waals surface area contributed by atoms with Crippen molar-refractivity contribution in [3.05, 3.63) is 0 Å². The third-order valence-corrected chi connectivity index (χ3v) is 5.30. The Morgan fingerprint density at radius 3 is 2.31 bits per heavy atom. The summed E-state index contributed by atoms with van der Waals surface area (Å²) in [5.74, 6) is 0. The van der Waals surface area contributed by atoms with E-state index in [-0.39, 0.29) is 6.29 Å². The second-order valence-corrected chi connectivity index (χ2v) is 6.65. The molecule has 3 nitrogen and oxygen atoms in total. The molecule has 0 radical (unpaired) electrons. The Labute approximate surface area is 102 Å². The molecule has 0 spiro atoms. The Morgan fingerprint density at radius 1 is 1.25 bits per heavy atom. The van der Waals surface area contributed by atoms with Crippen LogP contribution in [-0.4, -0.2) is 41.7 Å². The molecule has 2 aliphatic rings. The molecule has 2 saturated heterocycles. The maximum absolute atomic E-state index is 10.6. The molecule has 16 heavy (non-hydrogen) atoms. The van der Waals surface area contributed by atoms with Crippen LogP contribution in [0.15, 0.2) is 0 Å². The summed E-state index contributed by atoms with van der Waals surface area (Å²) < 4.78 is 10.4. The van der Waals surface area contributed by atoms with Gasteiger partial charge < -0.3 is 14.6 Å². The van der Waals surface area contributed by atoms with Crippen LogP contribution in [0.25, 0.3) is 0 Å². The smallest absolute Gasteiger partial charge is 0.159 e. The highest BCUT2D eigenvalue weighted by Crippen LogP contribution is 2.47. The summed E-state index contributed by atoms with van der Waals surface area (Å²) in [5.41, 5.74) is -0.572. The average Bonchev–Trinajstić information content (AvgIpc) is 2.25. The molecular weight excluding hydrogens is 224 g/mol. The second kappa shape index (κ2) is 5.25. The normalized spacial score (nSPS) is 39.0. The second-order valence-electron chi connectivity index (χ2n) is 5.05. The van der Waals surface area contributed by atoms with E-state index in [1.807, 2.05) is 0 Å². The highest BCUT2D eigenvalue weighted by Gasteiger charge is 2.42. The van der Waals surface area contributed by atoms with Crippen molar-refractivity contribution in [2.45, 2.75) is 60.9 Å². The van der Waals surface area contributed by atoms with Crippen molar-refractivity contribution < 1.29 is 14.6 Å². The first-order chi connectivity index (χ1) is 7.65. The fraction of sp³-hybridized carbons (Fsp3) is 1.00. The van der Waals surface area contributed by atoms with Gasteiger partial charge in [-0.15, -0.1) is 0 Å². The molecule has 0 amide bonds. The average molecular weight is 246 g/mol. The number of rotatable bonds is 4. The molecule has 0 aromatic heterocycles. The van der Waals surface area contributed by atoms with Gasteiger partial charge in [-0.1, -0.05) is 6.42 Å². The zero-order valence-corrected chi connectivity index (χ0v) is 11.0. The minimum atomic E-state index is -0.572. The van der Waals surface area contributed by atoms with Crippen LogP contribution < -0.4 is 0 Å². The third kappa shape index (κ3) is 2.92. The predicted octanol–water partition coefficient (Wildman–Crippen LogP) is 2.17. The summed E-state index contributed by atoms with van der Waals surface area (Å²) in [6.45, 7) is 0. The van der Waals surface area contributed by atoms with Gasteiger partial charge in [-0.3, -0.25) is 0 Å². The zero-order chi connectivity index (χ0) is 11.6. The number of hydrogen-bond acceptors (Lipinski definition) is 4. The van der Waals surface area contributed by atoms with Gasteiger partial charge in [-0.25, -0.2) is 0 Å². The van der Waals surface area contributed by atoms with E-state index >= 15 is 0 Å².